The molecule has 0 spiro atoms. The summed E-state index contributed by atoms with van der Waals surface area (Å²) in [4.78, 5) is 13.2. The Hall–Kier alpha value is -0.860. The number of amides is 1. The second-order valence-electron chi connectivity index (χ2n) is 5.51. The highest BCUT2D eigenvalue weighted by Crippen LogP contribution is 2.12. The van der Waals surface area contributed by atoms with Gasteiger partial charge in [-0.25, -0.2) is 17.9 Å². The molecule has 0 radical (unpaired) electrons. The molecule has 0 aromatic heterocycles. The van der Waals surface area contributed by atoms with Gasteiger partial charge in [0.25, 0.3) is 0 Å². The highest BCUT2D eigenvalue weighted by molar-refractivity contribution is 7.89. The Morgan fingerprint density at radius 3 is 2.48 bits per heavy atom. The number of likely N-dealkylation sites (tertiary alicyclic amines) is 1. The minimum absolute atomic E-state index is 0.0727. The molecule has 21 heavy (non-hydrogen) atoms. The van der Waals surface area contributed by atoms with Crippen LogP contribution in [-0.4, -0.2) is 63.5 Å². The second-order valence-corrected chi connectivity index (χ2v) is 7.38. The molecule has 1 aliphatic heterocycles. The first-order valence-corrected chi connectivity index (χ1v) is 9.14. The summed E-state index contributed by atoms with van der Waals surface area (Å²) in [5.74, 6) is 0.0727. The van der Waals surface area contributed by atoms with E-state index in [-0.39, 0.29) is 23.9 Å². The van der Waals surface area contributed by atoms with E-state index in [1.165, 1.54) is 0 Å². The molecule has 0 unspecified atom stereocenters. The molecule has 0 aromatic rings. The summed E-state index contributed by atoms with van der Waals surface area (Å²) in [6.45, 7) is 7.57. The van der Waals surface area contributed by atoms with Gasteiger partial charge < -0.3 is 15.0 Å². The number of sulfonamides is 1. The number of nitrogens with zero attached hydrogens (tertiary/aromatic N) is 1. The molecule has 0 aliphatic carbocycles. The zero-order valence-corrected chi connectivity index (χ0v) is 13.9. The summed E-state index contributed by atoms with van der Waals surface area (Å²) < 4.78 is 31.5. The van der Waals surface area contributed by atoms with E-state index in [1.807, 2.05) is 13.8 Å². The highest BCUT2D eigenvalue weighted by atomic mass is 32.2. The van der Waals surface area contributed by atoms with Crippen LogP contribution < -0.4 is 10.0 Å². The Morgan fingerprint density at radius 2 is 1.95 bits per heavy atom. The van der Waals surface area contributed by atoms with Gasteiger partial charge >= 0.3 is 6.09 Å². The van der Waals surface area contributed by atoms with Gasteiger partial charge in [0.1, 0.15) is 0 Å². The van der Waals surface area contributed by atoms with E-state index in [9.17, 15) is 13.2 Å². The number of hydrogen-bond donors (Lipinski definition) is 2. The largest absolute Gasteiger partial charge is 0.450 e. The molecule has 1 rings (SSSR count). The minimum atomic E-state index is -3.27. The monoisotopic (exact) mass is 321 g/mol. The number of piperidine rings is 1. The van der Waals surface area contributed by atoms with E-state index < -0.39 is 10.0 Å². The third-order valence-electron chi connectivity index (χ3n) is 3.29. The standard InChI is InChI=1S/C13H27N3O4S/c1-4-20-13(17)16-8-5-12(6-9-16)15-21(18,19)10-7-14-11(2)3/h11-12,14-15H,4-10H2,1-3H3. The SMILES string of the molecule is CCOC(=O)N1CCC(NS(=O)(=O)CCNC(C)C)CC1. The van der Waals surface area contributed by atoms with Gasteiger partial charge in [0.2, 0.25) is 10.0 Å². The van der Waals surface area contributed by atoms with Crippen LogP contribution in [0.3, 0.4) is 0 Å². The zero-order chi connectivity index (χ0) is 15.9. The molecule has 2 N–H and O–H groups in total. The number of carbonyl (C=O) groups is 1. The number of carbonyl (C=O) groups excluding carboxylic acids is 1. The first-order chi connectivity index (χ1) is 9.84. The van der Waals surface area contributed by atoms with Crippen molar-refractivity contribution in [2.75, 3.05) is 32.0 Å². The molecule has 8 heteroatoms. The van der Waals surface area contributed by atoms with E-state index in [0.717, 1.165) is 0 Å². The smallest absolute Gasteiger partial charge is 0.409 e. The zero-order valence-electron chi connectivity index (χ0n) is 13.1. The van der Waals surface area contributed by atoms with Gasteiger partial charge in [-0.1, -0.05) is 13.8 Å². The molecule has 1 fully saturated rings. The van der Waals surface area contributed by atoms with Crippen molar-refractivity contribution in [1.29, 1.82) is 0 Å². The third kappa shape index (κ3) is 7.10. The molecule has 7 nitrogen and oxygen atoms in total. The molecule has 1 saturated heterocycles. The second kappa shape index (κ2) is 8.55. The van der Waals surface area contributed by atoms with Crippen molar-refractivity contribution < 1.29 is 17.9 Å². The van der Waals surface area contributed by atoms with Crippen LogP contribution in [0.5, 0.6) is 0 Å². The maximum Gasteiger partial charge on any atom is 0.409 e. The van der Waals surface area contributed by atoms with E-state index in [2.05, 4.69) is 10.0 Å². The maximum atomic E-state index is 11.9. The Kier molecular flexibility index (Phi) is 7.41. The molecular weight excluding hydrogens is 294 g/mol. The Bertz CT molecular complexity index is 417. The highest BCUT2D eigenvalue weighted by Gasteiger charge is 2.26. The van der Waals surface area contributed by atoms with Crippen LogP contribution in [0.2, 0.25) is 0 Å². The van der Waals surface area contributed by atoms with Gasteiger partial charge in [-0.15, -0.1) is 0 Å². The van der Waals surface area contributed by atoms with Gasteiger partial charge in [0, 0.05) is 31.7 Å². The van der Waals surface area contributed by atoms with Crippen LogP contribution in [0.25, 0.3) is 0 Å². The summed E-state index contributed by atoms with van der Waals surface area (Å²) in [5.41, 5.74) is 0. The third-order valence-corrected chi connectivity index (χ3v) is 4.72. The van der Waals surface area contributed by atoms with E-state index in [1.54, 1.807) is 11.8 Å². The quantitative estimate of drug-likeness (QED) is 0.714. The molecule has 0 atom stereocenters. The van der Waals surface area contributed by atoms with E-state index >= 15 is 0 Å². The molecule has 0 saturated carbocycles. The summed E-state index contributed by atoms with van der Waals surface area (Å²) in [6, 6.07) is 0.174. The van der Waals surface area contributed by atoms with Crippen molar-refractivity contribution >= 4 is 16.1 Å². The number of hydrogen-bond acceptors (Lipinski definition) is 5. The van der Waals surface area contributed by atoms with E-state index in [4.69, 9.17) is 4.74 Å². The Balaban J connectivity index is 2.32. The van der Waals surface area contributed by atoms with Crippen LogP contribution in [0.4, 0.5) is 4.79 Å². The van der Waals surface area contributed by atoms with Gasteiger partial charge in [-0.2, -0.15) is 0 Å². The molecule has 124 valence electrons. The average molecular weight is 321 g/mol. The Labute approximate surface area is 127 Å². The summed E-state index contributed by atoms with van der Waals surface area (Å²) >= 11 is 0. The fourth-order valence-corrected chi connectivity index (χ4v) is 3.44. The lowest BCUT2D eigenvalue weighted by Gasteiger charge is -2.31. The molecule has 0 bridgehead atoms. The van der Waals surface area contributed by atoms with E-state index in [0.29, 0.717) is 39.1 Å². The topological polar surface area (TPSA) is 87.7 Å². The normalized spacial score (nSPS) is 17.2. The van der Waals surface area contributed by atoms with Crippen LogP contribution >= 0.6 is 0 Å². The van der Waals surface area contributed by atoms with Gasteiger partial charge in [-0.05, 0) is 19.8 Å². The fourth-order valence-electron chi connectivity index (χ4n) is 2.19. The van der Waals surface area contributed by atoms with Crippen LogP contribution in [0.15, 0.2) is 0 Å². The lowest BCUT2D eigenvalue weighted by atomic mass is 10.1. The molecule has 1 aliphatic rings. The lowest BCUT2D eigenvalue weighted by Crippen LogP contribution is -2.47. The molecular formula is C13H27N3O4S. The van der Waals surface area contributed by atoms with Gasteiger partial charge in [-0.3, -0.25) is 0 Å². The maximum absolute atomic E-state index is 11.9. The first kappa shape index (κ1) is 18.2. The van der Waals surface area contributed by atoms with Crippen LogP contribution in [-0.2, 0) is 14.8 Å². The Morgan fingerprint density at radius 1 is 1.33 bits per heavy atom. The van der Waals surface area contributed by atoms with Crippen molar-refractivity contribution in [2.24, 2.45) is 0 Å². The minimum Gasteiger partial charge on any atom is -0.450 e. The molecule has 0 aromatic carbocycles. The fraction of sp³-hybridized carbons (Fsp3) is 0.923. The number of nitrogens with one attached hydrogen (secondary N) is 2. The van der Waals surface area contributed by atoms with Crippen molar-refractivity contribution in [1.82, 2.24) is 14.9 Å². The summed E-state index contributed by atoms with van der Waals surface area (Å²) in [7, 11) is -3.27. The van der Waals surface area contributed by atoms with Crippen molar-refractivity contribution in [3.63, 3.8) is 0 Å². The molecule has 1 amide bonds. The number of ether oxygens (including phenoxy) is 1. The van der Waals surface area contributed by atoms with Gasteiger partial charge in [0.05, 0.1) is 12.4 Å². The first-order valence-electron chi connectivity index (χ1n) is 7.49. The van der Waals surface area contributed by atoms with Crippen molar-refractivity contribution in [3.8, 4) is 0 Å². The van der Waals surface area contributed by atoms with Crippen LogP contribution in [0, 0.1) is 0 Å². The average Bonchev–Trinajstić information content (AvgIpc) is 2.38. The van der Waals surface area contributed by atoms with Crippen molar-refractivity contribution in [2.45, 2.75) is 45.7 Å². The van der Waals surface area contributed by atoms with Gasteiger partial charge in [0.15, 0.2) is 0 Å². The summed E-state index contributed by atoms with van der Waals surface area (Å²) in [6.07, 6.45) is 0.922. The predicted molar refractivity (Wildman–Crippen MR) is 81.7 cm³/mol. The van der Waals surface area contributed by atoms with Crippen molar-refractivity contribution in [3.05, 3.63) is 0 Å². The number of rotatable bonds is 7. The van der Waals surface area contributed by atoms with Crippen LogP contribution in [0.1, 0.15) is 33.6 Å². The summed E-state index contributed by atoms with van der Waals surface area (Å²) in [5, 5.41) is 3.09. The molecule has 1 heterocycles. The predicted octanol–water partition coefficient (Wildman–Crippen LogP) is 0.525. The lowest BCUT2D eigenvalue weighted by molar-refractivity contribution is 0.0966.